The Morgan fingerprint density at radius 2 is 2.00 bits per heavy atom. The molecule has 0 fully saturated rings. The van der Waals surface area contributed by atoms with Gasteiger partial charge in [-0.15, -0.1) is 0 Å². The van der Waals surface area contributed by atoms with Crippen molar-refractivity contribution < 1.29 is 4.79 Å². The predicted molar refractivity (Wildman–Crippen MR) is 90.5 cm³/mol. The molecule has 0 spiro atoms. The fourth-order valence-electron chi connectivity index (χ4n) is 2.43. The average molecular weight is 302 g/mol. The number of benzene rings is 1. The van der Waals surface area contributed by atoms with Crippen molar-refractivity contribution in [1.82, 2.24) is 14.9 Å². The van der Waals surface area contributed by atoms with E-state index in [1.165, 1.54) is 0 Å². The van der Waals surface area contributed by atoms with E-state index in [0.29, 0.717) is 24.1 Å². The van der Waals surface area contributed by atoms with Crippen LogP contribution in [0.1, 0.15) is 33.5 Å². The fourth-order valence-corrected chi connectivity index (χ4v) is 2.43. The normalized spacial score (nSPS) is 11.5. The molecular weight excluding hydrogens is 276 g/mol. The smallest absolute Gasteiger partial charge is 0.240 e. The van der Waals surface area contributed by atoms with Gasteiger partial charge in [-0.05, 0) is 24.0 Å². The van der Waals surface area contributed by atoms with Crippen LogP contribution in [-0.2, 0) is 17.8 Å². The van der Waals surface area contributed by atoms with E-state index in [-0.39, 0.29) is 12.5 Å². The number of amides is 1. The summed E-state index contributed by atoms with van der Waals surface area (Å²) >= 11 is 0. The average Bonchev–Trinajstić information content (AvgIpc) is 2.76. The van der Waals surface area contributed by atoms with E-state index in [1.54, 1.807) is 0 Å². The number of carbonyl (C=O) groups is 1. The Labute approximate surface area is 131 Å². The molecule has 1 heterocycles. The topological polar surface area (TPSA) is 72.9 Å². The SMILES string of the molecule is CC(C)CNC(=O)Cn1c(CC(C)C)nc2c(N)cccc21. The molecule has 0 saturated carbocycles. The molecule has 1 amide bonds. The second-order valence-corrected chi connectivity index (χ2v) is 6.63. The van der Waals surface area contributed by atoms with Crippen LogP contribution in [0.2, 0.25) is 0 Å². The van der Waals surface area contributed by atoms with Gasteiger partial charge >= 0.3 is 0 Å². The number of carbonyl (C=O) groups excluding carboxylic acids is 1. The standard InChI is InChI=1S/C17H26N4O/c1-11(2)8-15-20-17-13(18)6-5-7-14(17)21(15)10-16(22)19-9-12(3)4/h5-7,11-12H,8-10,18H2,1-4H3,(H,19,22). The summed E-state index contributed by atoms with van der Waals surface area (Å²) in [5, 5.41) is 2.96. The molecule has 1 aromatic carbocycles. The first-order chi connectivity index (χ1) is 10.4. The zero-order valence-electron chi connectivity index (χ0n) is 13.9. The lowest BCUT2D eigenvalue weighted by molar-refractivity contribution is -0.121. The molecule has 1 aromatic heterocycles. The number of anilines is 1. The molecule has 0 bridgehead atoms. The summed E-state index contributed by atoms with van der Waals surface area (Å²) in [6, 6.07) is 5.72. The number of para-hydroxylation sites is 1. The van der Waals surface area contributed by atoms with Gasteiger partial charge in [0, 0.05) is 13.0 Å². The van der Waals surface area contributed by atoms with Crippen molar-refractivity contribution in [2.75, 3.05) is 12.3 Å². The lowest BCUT2D eigenvalue weighted by Crippen LogP contribution is -2.31. The molecule has 5 heteroatoms. The molecule has 2 rings (SSSR count). The van der Waals surface area contributed by atoms with Crippen LogP contribution >= 0.6 is 0 Å². The predicted octanol–water partition coefficient (Wildman–Crippen LogP) is 2.59. The first kappa shape index (κ1) is 16.3. The number of nitrogens with zero attached hydrogens (tertiary/aromatic N) is 2. The van der Waals surface area contributed by atoms with E-state index in [2.05, 4.69) is 38.0 Å². The molecule has 0 atom stereocenters. The summed E-state index contributed by atoms with van der Waals surface area (Å²) in [5.41, 5.74) is 8.39. The number of nitrogen functional groups attached to an aromatic ring is 1. The van der Waals surface area contributed by atoms with Crippen LogP contribution in [0.15, 0.2) is 18.2 Å². The Bertz CT molecular complexity index is 658. The summed E-state index contributed by atoms with van der Waals surface area (Å²) in [5.74, 6) is 1.84. The maximum absolute atomic E-state index is 12.2. The van der Waals surface area contributed by atoms with Crippen molar-refractivity contribution in [2.45, 2.75) is 40.7 Å². The summed E-state index contributed by atoms with van der Waals surface area (Å²) in [7, 11) is 0. The van der Waals surface area contributed by atoms with Gasteiger partial charge in [-0.25, -0.2) is 4.98 Å². The van der Waals surface area contributed by atoms with Gasteiger partial charge < -0.3 is 15.6 Å². The third kappa shape index (κ3) is 3.78. The molecule has 0 aliphatic carbocycles. The van der Waals surface area contributed by atoms with Gasteiger partial charge in [0.2, 0.25) is 5.91 Å². The Balaban J connectivity index is 2.33. The van der Waals surface area contributed by atoms with Crippen LogP contribution in [0.5, 0.6) is 0 Å². The number of imidazole rings is 1. The van der Waals surface area contributed by atoms with Crippen molar-refractivity contribution in [3.8, 4) is 0 Å². The number of hydrogen-bond donors (Lipinski definition) is 2. The third-order valence-electron chi connectivity index (χ3n) is 3.49. The van der Waals surface area contributed by atoms with Gasteiger partial charge in [-0.3, -0.25) is 4.79 Å². The van der Waals surface area contributed by atoms with Crippen molar-refractivity contribution in [2.24, 2.45) is 11.8 Å². The number of aromatic nitrogens is 2. The number of nitrogens with one attached hydrogen (secondary N) is 1. The zero-order chi connectivity index (χ0) is 16.3. The second kappa shape index (κ2) is 6.81. The molecule has 0 saturated heterocycles. The number of rotatable bonds is 6. The monoisotopic (exact) mass is 302 g/mol. The maximum atomic E-state index is 12.2. The van der Waals surface area contributed by atoms with Crippen LogP contribution in [-0.4, -0.2) is 22.0 Å². The molecule has 120 valence electrons. The van der Waals surface area contributed by atoms with Gasteiger partial charge in [0.1, 0.15) is 17.9 Å². The molecule has 3 N–H and O–H groups in total. The highest BCUT2D eigenvalue weighted by Crippen LogP contribution is 2.23. The van der Waals surface area contributed by atoms with E-state index in [4.69, 9.17) is 5.73 Å². The Morgan fingerprint density at radius 3 is 2.64 bits per heavy atom. The minimum Gasteiger partial charge on any atom is -0.397 e. The van der Waals surface area contributed by atoms with Gasteiger partial charge in [0.15, 0.2) is 0 Å². The fraction of sp³-hybridized carbons (Fsp3) is 0.529. The summed E-state index contributed by atoms with van der Waals surface area (Å²) in [6.07, 6.45) is 0.825. The van der Waals surface area contributed by atoms with Crippen LogP contribution in [0.4, 0.5) is 5.69 Å². The molecule has 22 heavy (non-hydrogen) atoms. The van der Waals surface area contributed by atoms with Gasteiger partial charge in [0.05, 0.1) is 11.2 Å². The quantitative estimate of drug-likeness (QED) is 0.806. The van der Waals surface area contributed by atoms with E-state index in [1.807, 2.05) is 22.8 Å². The van der Waals surface area contributed by atoms with Crippen LogP contribution in [0.3, 0.4) is 0 Å². The van der Waals surface area contributed by atoms with Crippen molar-refractivity contribution in [1.29, 1.82) is 0 Å². The maximum Gasteiger partial charge on any atom is 0.240 e. The second-order valence-electron chi connectivity index (χ2n) is 6.63. The highest BCUT2D eigenvalue weighted by atomic mass is 16.1. The van der Waals surface area contributed by atoms with Crippen LogP contribution in [0, 0.1) is 11.8 Å². The molecule has 0 radical (unpaired) electrons. The summed E-state index contributed by atoms with van der Waals surface area (Å²) < 4.78 is 1.99. The molecule has 2 aromatic rings. The van der Waals surface area contributed by atoms with Crippen molar-refractivity contribution in [3.05, 3.63) is 24.0 Å². The molecule has 0 unspecified atom stereocenters. The summed E-state index contributed by atoms with van der Waals surface area (Å²) in [6.45, 7) is 9.43. The van der Waals surface area contributed by atoms with Gasteiger partial charge in [0.25, 0.3) is 0 Å². The minimum atomic E-state index is 0.0143. The highest BCUT2D eigenvalue weighted by molar-refractivity contribution is 5.89. The number of nitrogens with two attached hydrogens (primary N) is 1. The van der Waals surface area contributed by atoms with Crippen LogP contribution in [0.25, 0.3) is 11.0 Å². The van der Waals surface area contributed by atoms with Gasteiger partial charge in [-0.2, -0.15) is 0 Å². The van der Waals surface area contributed by atoms with E-state index < -0.39 is 0 Å². The van der Waals surface area contributed by atoms with Crippen LogP contribution < -0.4 is 11.1 Å². The Kier molecular flexibility index (Phi) is 5.06. The molecule has 0 aliphatic rings. The Hall–Kier alpha value is -2.04. The lowest BCUT2D eigenvalue weighted by atomic mass is 10.1. The molecule has 0 aliphatic heterocycles. The number of fused-ring (bicyclic) bond motifs is 1. The lowest BCUT2D eigenvalue weighted by Gasteiger charge is -2.12. The van der Waals surface area contributed by atoms with E-state index >= 15 is 0 Å². The Morgan fingerprint density at radius 1 is 1.27 bits per heavy atom. The molecular formula is C17H26N4O. The van der Waals surface area contributed by atoms with E-state index in [0.717, 1.165) is 23.3 Å². The highest BCUT2D eigenvalue weighted by Gasteiger charge is 2.16. The van der Waals surface area contributed by atoms with E-state index in [9.17, 15) is 4.79 Å². The van der Waals surface area contributed by atoms with Gasteiger partial charge in [-0.1, -0.05) is 33.8 Å². The third-order valence-corrected chi connectivity index (χ3v) is 3.49. The number of hydrogen-bond acceptors (Lipinski definition) is 3. The van der Waals surface area contributed by atoms with Crippen molar-refractivity contribution >= 4 is 22.6 Å². The first-order valence-electron chi connectivity index (χ1n) is 7.88. The summed E-state index contributed by atoms with van der Waals surface area (Å²) in [4.78, 5) is 16.8. The largest absolute Gasteiger partial charge is 0.397 e. The first-order valence-corrected chi connectivity index (χ1v) is 7.88. The zero-order valence-corrected chi connectivity index (χ0v) is 13.9. The molecule has 5 nitrogen and oxygen atoms in total. The van der Waals surface area contributed by atoms with Crippen molar-refractivity contribution in [3.63, 3.8) is 0 Å². The minimum absolute atomic E-state index is 0.0143.